The van der Waals surface area contributed by atoms with E-state index in [1.165, 1.54) is 6.92 Å². The van der Waals surface area contributed by atoms with Gasteiger partial charge in [0, 0.05) is 25.2 Å². The van der Waals surface area contributed by atoms with Crippen LogP contribution in [0.4, 0.5) is 0 Å². The van der Waals surface area contributed by atoms with E-state index in [2.05, 4.69) is 20.8 Å². The van der Waals surface area contributed by atoms with E-state index in [-0.39, 0.29) is 22.6 Å². The van der Waals surface area contributed by atoms with Crippen LogP contribution in [0.15, 0.2) is 11.6 Å². The topological polar surface area (TPSA) is 52.6 Å². The largest absolute Gasteiger partial charge is 0.436 e. The van der Waals surface area contributed by atoms with Crippen LogP contribution in [-0.4, -0.2) is 23.6 Å². The Morgan fingerprint density at radius 1 is 1.35 bits per heavy atom. The third-order valence-corrected chi connectivity index (χ3v) is 5.04. The minimum absolute atomic E-state index is 0.114. The smallest absolute Gasteiger partial charge is 0.304 e. The molecule has 0 amide bonds. The maximum absolute atomic E-state index is 12.1. The van der Waals surface area contributed by atoms with Crippen LogP contribution in [0.1, 0.15) is 53.4 Å². The molecule has 2 aliphatic carbocycles. The Labute approximate surface area is 119 Å². The molecule has 3 rings (SSSR count). The number of hydrogen-bond donors (Lipinski definition) is 0. The Bertz CT molecular complexity index is 519. The number of allylic oxidation sites excluding steroid dienone is 1. The first-order chi connectivity index (χ1) is 9.16. The van der Waals surface area contributed by atoms with Crippen LogP contribution in [0, 0.1) is 10.8 Å². The van der Waals surface area contributed by atoms with Crippen molar-refractivity contribution in [1.29, 1.82) is 0 Å². The van der Waals surface area contributed by atoms with E-state index in [1.807, 2.05) is 0 Å². The summed E-state index contributed by atoms with van der Waals surface area (Å²) in [4.78, 5) is 23.3. The van der Waals surface area contributed by atoms with E-state index in [9.17, 15) is 9.59 Å². The lowest BCUT2D eigenvalue weighted by molar-refractivity contribution is -0.184. The van der Waals surface area contributed by atoms with Gasteiger partial charge < -0.3 is 9.47 Å². The molecule has 4 heteroatoms. The van der Waals surface area contributed by atoms with Gasteiger partial charge in [-0.1, -0.05) is 20.8 Å². The van der Waals surface area contributed by atoms with Crippen molar-refractivity contribution in [1.82, 2.24) is 0 Å². The number of hydrogen-bond acceptors (Lipinski definition) is 4. The summed E-state index contributed by atoms with van der Waals surface area (Å²) in [7, 11) is 0. The van der Waals surface area contributed by atoms with E-state index in [0.29, 0.717) is 12.8 Å². The first kappa shape index (κ1) is 13.8. The molecule has 0 aromatic carbocycles. The number of carbonyl (C=O) groups is 2. The van der Waals surface area contributed by atoms with Crippen molar-refractivity contribution in [2.24, 2.45) is 10.8 Å². The summed E-state index contributed by atoms with van der Waals surface area (Å²) in [6, 6.07) is 0. The van der Waals surface area contributed by atoms with Crippen LogP contribution >= 0.6 is 0 Å². The van der Waals surface area contributed by atoms with Gasteiger partial charge in [-0.25, -0.2) is 0 Å². The second kappa shape index (κ2) is 3.94. The highest BCUT2D eigenvalue weighted by molar-refractivity contribution is 5.93. The average molecular weight is 278 g/mol. The molecule has 0 unspecified atom stereocenters. The third-order valence-electron chi connectivity index (χ3n) is 5.04. The monoisotopic (exact) mass is 278 g/mol. The summed E-state index contributed by atoms with van der Waals surface area (Å²) in [5.74, 6) is -0.161. The summed E-state index contributed by atoms with van der Waals surface area (Å²) in [6.07, 6.45) is 4.08. The van der Waals surface area contributed by atoms with Crippen molar-refractivity contribution in [3.05, 3.63) is 11.6 Å². The molecule has 3 aliphatic rings. The van der Waals surface area contributed by atoms with E-state index in [1.54, 1.807) is 6.08 Å². The lowest BCUT2D eigenvalue weighted by Gasteiger charge is -2.43. The molecule has 2 fully saturated rings. The molecule has 1 aliphatic heterocycles. The zero-order chi connectivity index (χ0) is 14.8. The Morgan fingerprint density at radius 3 is 2.70 bits per heavy atom. The molecule has 1 spiro atoms. The Morgan fingerprint density at radius 2 is 2.05 bits per heavy atom. The van der Waals surface area contributed by atoms with Gasteiger partial charge in [0.15, 0.2) is 5.78 Å². The summed E-state index contributed by atoms with van der Waals surface area (Å²) < 4.78 is 11.5. The highest BCUT2D eigenvalue weighted by atomic mass is 16.7. The van der Waals surface area contributed by atoms with Crippen LogP contribution in [0.2, 0.25) is 0 Å². The molecule has 0 N–H and O–H groups in total. The molecule has 1 saturated carbocycles. The minimum atomic E-state index is -0.527. The molecule has 1 heterocycles. The molecule has 0 aromatic heterocycles. The molecular weight excluding hydrogens is 256 g/mol. The highest BCUT2D eigenvalue weighted by Gasteiger charge is 2.66. The maximum Gasteiger partial charge on any atom is 0.304 e. The van der Waals surface area contributed by atoms with E-state index in [4.69, 9.17) is 9.47 Å². The Kier molecular flexibility index (Phi) is 2.72. The van der Waals surface area contributed by atoms with Gasteiger partial charge in [0.1, 0.15) is 5.60 Å². The van der Waals surface area contributed by atoms with Gasteiger partial charge in [-0.05, 0) is 29.9 Å². The highest BCUT2D eigenvalue weighted by Crippen LogP contribution is 2.65. The van der Waals surface area contributed by atoms with Gasteiger partial charge in [-0.3, -0.25) is 9.59 Å². The first-order valence-corrected chi connectivity index (χ1v) is 7.25. The SMILES string of the molecule is CC(=O)O[C@@H]1C[C@@]2(C)CC(=O)C=C3CC(C)(C)C[C@@]32O1. The van der Waals surface area contributed by atoms with Crippen molar-refractivity contribution >= 4 is 11.8 Å². The second-order valence-electron chi connectivity index (χ2n) is 7.58. The molecule has 0 bridgehead atoms. The van der Waals surface area contributed by atoms with Gasteiger partial charge in [0.05, 0.1) is 0 Å². The molecule has 4 nitrogen and oxygen atoms in total. The normalized spacial score (nSPS) is 41.9. The van der Waals surface area contributed by atoms with Crippen molar-refractivity contribution in [2.45, 2.75) is 65.3 Å². The predicted octanol–water partition coefficient (Wildman–Crippen LogP) is 2.76. The number of ether oxygens (including phenoxy) is 2. The lowest BCUT2D eigenvalue weighted by Crippen LogP contribution is -2.46. The third kappa shape index (κ3) is 1.85. The maximum atomic E-state index is 12.1. The van der Waals surface area contributed by atoms with Crippen LogP contribution in [0.5, 0.6) is 0 Å². The van der Waals surface area contributed by atoms with Crippen molar-refractivity contribution in [2.75, 3.05) is 0 Å². The van der Waals surface area contributed by atoms with Crippen LogP contribution in [-0.2, 0) is 19.1 Å². The van der Waals surface area contributed by atoms with E-state index in [0.717, 1.165) is 18.4 Å². The molecule has 0 aromatic rings. The fourth-order valence-corrected chi connectivity index (χ4v) is 4.43. The van der Waals surface area contributed by atoms with Crippen molar-refractivity contribution in [3.63, 3.8) is 0 Å². The Hall–Kier alpha value is -1.16. The number of rotatable bonds is 1. The lowest BCUT2D eigenvalue weighted by atomic mass is 9.63. The van der Waals surface area contributed by atoms with Gasteiger partial charge >= 0.3 is 5.97 Å². The standard InChI is InChI=1S/C16H22O4/c1-10(17)19-13-8-15(4)7-12(18)5-11-6-14(2,3)9-16(11,15)20-13/h5,13H,6-9H2,1-4H3/t13-,15+,16+/m0/s1. The fourth-order valence-electron chi connectivity index (χ4n) is 4.43. The Balaban J connectivity index is 2.01. The minimum Gasteiger partial charge on any atom is -0.436 e. The fraction of sp³-hybridized carbons (Fsp3) is 0.750. The summed E-state index contributed by atoms with van der Waals surface area (Å²) in [6.45, 7) is 7.90. The van der Waals surface area contributed by atoms with Gasteiger partial charge in [-0.2, -0.15) is 0 Å². The zero-order valence-electron chi connectivity index (χ0n) is 12.6. The zero-order valence-corrected chi connectivity index (χ0v) is 12.6. The molecule has 0 radical (unpaired) electrons. The van der Waals surface area contributed by atoms with Crippen molar-refractivity contribution in [3.8, 4) is 0 Å². The van der Waals surface area contributed by atoms with Crippen LogP contribution < -0.4 is 0 Å². The molecular formula is C16H22O4. The molecule has 20 heavy (non-hydrogen) atoms. The number of esters is 1. The van der Waals surface area contributed by atoms with Gasteiger partial charge in [0.2, 0.25) is 6.29 Å². The second-order valence-corrected chi connectivity index (χ2v) is 7.58. The summed E-state index contributed by atoms with van der Waals surface area (Å²) in [5.41, 5.74) is 0.519. The predicted molar refractivity (Wildman–Crippen MR) is 72.8 cm³/mol. The van der Waals surface area contributed by atoms with E-state index >= 15 is 0 Å². The summed E-state index contributed by atoms with van der Waals surface area (Å²) >= 11 is 0. The molecule has 110 valence electrons. The number of ketones is 1. The van der Waals surface area contributed by atoms with Gasteiger partial charge in [0.25, 0.3) is 0 Å². The van der Waals surface area contributed by atoms with Gasteiger partial charge in [-0.15, -0.1) is 0 Å². The average Bonchev–Trinajstić information content (AvgIpc) is 2.61. The van der Waals surface area contributed by atoms with Crippen LogP contribution in [0.25, 0.3) is 0 Å². The molecule has 1 saturated heterocycles. The van der Waals surface area contributed by atoms with Crippen LogP contribution in [0.3, 0.4) is 0 Å². The number of carbonyl (C=O) groups excluding carboxylic acids is 2. The van der Waals surface area contributed by atoms with Crippen molar-refractivity contribution < 1.29 is 19.1 Å². The summed E-state index contributed by atoms with van der Waals surface area (Å²) in [5, 5.41) is 0. The van der Waals surface area contributed by atoms with E-state index < -0.39 is 11.9 Å². The molecule has 3 atom stereocenters. The quantitative estimate of drug-likeness (QED) is 0.692. The first-order valence-electron chi connectivity index (χ1n) is 7.25.